The van der Waals surface area contributed by atoms with Gasteiger partial charge in [0.15, 0.2) is 0 Å². The van der Waals surface area contributed by atoms with Crippen molar-refractivity contribution in [1.29, 1.82) is 0 Å². The Hall–Kier alpha value is -1.42. The minimum Gasteiger partial charge on any atom is -0.368 e. The van der Waals surface area contributed by atoms with Gasteiger partial charge in [0.1, 0.15) is 11.9 Å². The van der Waals surface area contributed by atoms with E-state index in [1.54, 1.807) is 19.1 Å². The largest absolute Gasteiger partial charge is 0.368 e. The Morgan fingerprint density at radius 3 is 3.00 bits per heavy atom. The maximum atomic E-state index is 13.4. The molecule has 86 valence electrons. The number of carbonyl (C=O) groups is 1. The second kappa shape index (κ2) is 4.61. The molecule has 1 aliphatic heterocycles. The molecule has 4 heteroatoms. The lowest BCUT2D eigenvalue weighted by Crippen LogP contribution is -2.27. The number of anilines is 1. The van der Waals surface area contributed by atoms with Crippen molar-refractivity contribution in [2.24, 2.45) is 0 Å². The van der Waals surface area contributed by atoms with Gasteiger partial charge in [-0.2, -0.15) is 0 Å². The lowest BCUT2D eigenvalue weighted by molar-refractivity contribution is -0.124. The van der Waals surface area contributed by atoms with E-state index in [1.165, 1.54) is 6.07 Å². The van der Waals surface area contributed by atoms with Crippen molar-refractivity contribution in [2.75, 3.05) is 11.9 Å². The summed E-state index contributed by atoms with van der Waals surface area (Å²) in [5.74, 6) is -0.674. The number of hydrogen-bond acceptors (Lipinski definition) is 2. The lowest BCUT2D eigenvalue weighted by Gasteiger charge is -2.11. The zero-order valence-electron chi connectivity index (χ0n) is 9.13. The summed E-state index contributed by atoms with van der Waals surface area (Å²) in [5, 5.41) is 2.54. The number of hydrogen-bond donors (Lipinski definition) is 1. The summed E-state index contributed by atoms with van der Waals surface area (Å²) < 4.78 is 18.7. The van der Waals surface area contributed by atoms with Crippen molar-refractivity contribution in [2.45, 2.75) is 25.9 Å². The summed E-state index contributed by atoms with van der Waals surface area (Å²) >= 11 is 0. The molecule has 1 atom stereocenters. The highest BCUT2D eigenvalue weighted by Crippen LogP contribution is 2.18. The van der Waals surface area contributed by atoms with Gasteiger partial charge in [-0.3, -0.25) is 4.79 Å². The van der Waals surface area contributed by atoms with Crippen LogP contribution in [0.3, 0.4) is 0 Å². The molecule has 16 heavy (non-hydrogen) atoms. The molecule has 0 radical (unpaired) electrons. The zero-order valence-corrected chi connectivity index (χ0v) is 9.13. The van der Waals surface area contributed by atoms with E-state index >= 15 is 0 Å². The van der Waals surface area contributed by atoms with E-state index in [4.69, 9.17) is 4.74 Å². The zero-order chi connectivity index (χ0) is 11.5. The van der Waals surface area contributed by atoms with Gasteiger partial charge >= 0.3 is 0 Å². The van der Waals surface area contributed by atoms with Crippen molar-refractivity contribution >= 4 is 11.6 Å². The normalized spacial score (nSPS) is 19.8. The molecule has 0 aliphatic carbocycles. The Balaban J connectivity index is 2.05. The third-order valence-corrected chi connectivity index (χ3v) is 2.60. The first-order valence-corrected chi connectivity index (χ1v) is 5.35. The first-order chi connectivity index (χ1) is 7.66. The van der Waals surface area contributed by atoms with Crippen molar-refractivity contribution in [3.63, 3.8) is 0 Å². The number of aryl methyl sites for hydroxylation is 1. The van der Waals surface area contributed by atoms with Crippen molar-refractivity contribution in [1.82, 2.24) is 0 Å². The molecule has 1 heterocycles. The Kier molecular flexibility index (Phi) is 3.19. The van der Waals surface area contributed by atoms with E-state index in [0.717, 1.165) is 12.0 Å². The van der Waals surface area contributed by atoms with Crippen LogP contribution < -0.4 is 5.32 Å². The summed E-state index contributed by atoms with van der Waals surface area (Å²) in [7, 11) is 0. The number of halogens is 1. The van der Waals surface area contributed by atoms with Crippen LogP contribution in [0.5, 0.6) is 0 Å². The highest BCUT2D eigenvalue weighted by molar-refractivity contribution is 5.94. The molecule has 0 saturated carbocycles. The van der Waals surface area contributed by atoms with Gasteiger partial charge in [-0.15, -0.1) is 0 Å². The predicted molar refractivity (Wildman–Crippen MR) is 58.7 cm³/mol. The molecule has 1 unspecified atom stereocenters. The molecule has 0 aromatic heterocycles. The van der Waals surface area contributed by atoms with Gasteiger partial charge in [0.05, 0.1) is 5.69 Å². The minimum atomic E-state index is -0.430. The maximum absolute atomic E-state index is 13.4. The first-order valence-electron chi connectivity index (χ1n) is 5.35. The second-order valence-electron chi connectivity index (χ2n) is 3.97. The summed E-state index contributed by atoms with van der Waals surface area (Å²) in [6, 6.07) is 4.72. The fourth-order valence-corrected chi connectivity index (χ4v) is 1.72. The van der Waals surface area contributed by atoms with E-state index in [2.05, 4.69) is 5.32 Å². The van der Waals surface area contributed by atoms with Crippen LogP contribution in [-0.4, -0.2) is 18.6 Å². The summed E-state index contributed by atoms with van der Waals surface area (Å²) in [6.07, 6.45) is 1.16. The highest BCUT2D eigenvalue weighted by atomic mass is 19.1. The summed E-state index contributed by atoms with van der Waals surface area (Å²) in [4.78, 5) is 11.6. The Bertz CT molecular complexity index is 400. The van der Waals surface area contributed by atoms with Gasteiger partial charge in [0.2, 0.25) is 0 Å². The number of ether oxygens (including phenoxy) is 1. The Morgan fingerprint density at radius 1 is 1.56 bits per heavy atom. The van der Waals surface area contributed by atoms with Gasteiger partial charge in [0.25, 0.3) is 5.91 Å². The number of rotatable bonds is 2. The lowest BCUT2D eigenvalue weighted by atomic mass is 10.2. The van der Waals surface area contributed by atoms with E-state index in [-0.39, 0.29) is 11.6 Å². The van der Waals surface area contributed by atoms with Crippen LogP contribution >= 0.6 is 0 Å². The van der Waals surface area contributed by atoms with Crippen LogP contribution in [0.15, 0.2) is 18.2 Å². The molecule has 1 amide bonds. The summed E-state index contributed by atoms with van der Waals surface area (Å²) in [5.41, 5.74) is 1.04. The SMILES string of the molecule is Cc1ccc(NC(=O)C2CCCO2)c(F)c1. The quantitative estimate of drug-likeness (QED) is 0.835. The van der Waals surface area contributed by atoms with Crippen LogP contribution in [-0.2, 0) is 9.53 Å². The van der Waals surface area contributed by atoms with Gasteiger partial charge in [-0.25, -0.2) is 4.39 Å². The van der Waals surface area contributed by atoms with E-state index in [9.17, 15) is 9.18 Å². The number of amides is 1. The fourth-order valence-electron chi connectivity index (χ4n) is 1.72. The molecule has 0 spiro atoms. The van der Waals surface area contributed by atoms with Gasteiger partial charge in [-0.1, -0.05) is 6.07 Å². The molecule has 2 rings (SSSR count). The Morgan fingerprint density at radius 2 is 2.38 bits per heavy atom. The Labute approximate surface area is 93.6 Å². The van der Waals surface area contributed by atoms with Crippen molar-refractivity contribution in [3.8, 4) is 0 Å². The standard InChI is InChI=1S/C12H14FNO2/c1-8-4-5-10(9(13)7-8)14-12(15)11-3-2-6-16-11/h4-5,7,11H,2-3,6H2,1H3,(H,14,15). The molecule has 1 saturated heterocycles. The number of benzene rings is 1. The van der Waals surface area contributed by atoms with E-state index in [1.807, 2.05) is 0 Å². The molecule has 0 bridgehead atoms. The van der Waals surface area contributed by atoms with Crippen LogP contribution in [0.2, 0.25) is 0 Å². The van der Waals surface area contributed by atoms with Crippen LogP contribution in [0, 0.1) is 12.7 Å². The smallest absolute Gasteiger partial charge is 0.253 e. The number of nitrogens with one attached hydrogen (secondary N) is 1. The average molecular weight is 223 g/mol. The molecule has 1 N–H and O–H groups in total. The van der Waals surface area contributed by atoms with Crippen molar-refractivity contribution < 1.29 is 13.9 Å². The molecular formula is C12H14FNO2. The maximum Gasteiger partial charge on any atom is 0.253 e. The highest BCUT2D eigenvalue weighted by Gasteiger charge is 2.24. The third-order valence-electron chi connectivity index (χ3n) is 2.60. The topological polar surface area (TPSA) is 38.3 Å². The third kappa shape index (κ3) is 2.39. The van der Waals surface area contributed by atoms with E-state index < -0.39 is 11.9 Å². The summed E-state index contributed by atoms with van der Waals surface area (Å²) in [6.45, 7) is 2.41. The molecule has 1 aromatic rings. The molecule has 1 aliphatic rings. The van der Waals surface area contributed by atoms with Gasteiger partial charge < -0.3 is 10.1 Å². The van der Waals surface area contributed by atoms with E-state index in [0.29, 0.717) is 13.0 Å². The van der Waals surface area contributed by atoms with Crippen LogP contribution in [0.1, 0.15) is 18.4 Å². The van der Waals surface area contributed by atoms with Crippen molar-refractivity contribution in [3.05, 3.63) is 29.6 Å². The molecule has 1 aromatic carbocycles. The second-order valence-corrected chi connectivity index (χ2v) is 3.97. The molecular weight excluding hydrogens is 209 g/mol. The molecule has 3 nitrogen and oxygen atoms in total. The van der Waals surface area contributed by atoms with Crippen LogP contribution in [0.4, 0.5) is 10.1 Å². The fraction of sp³-hybridized carbons (Fsp3) is 0.417. The van der Waals surface area contributed by atoms with Gasteiger partial charge in [-0.05, 0) is 37.5 Å². The van der Waals surface area contributed by atoms with Gasteiger partial charge in [0, 0.05) is 6.61 Å². The van der Waals surface area contributed by atoms with Crippen LogP contribution in [0.25, 0.3) is 0 Å². The molecule has 1 fully saturated rings. The minimum absolute atomic E-state index is 0.214. The number of carbonyl (C=O) groups excluding carboxylic acids is 1. The first kappa shape index (κ1) is 11.1. The average Bonchev–Trinajstić information content (AvgIpc) is 2.75. The predicted octanol–water partition coefficient (Wildman–Crippen LogP) is 2.25. The monoisotopic (exact) mass is 223 g/mol.